The molecule has 0 aliphatic carbocycles. The number of anilines is 1. The fourth-order valence-electron chi connectivity index (χ4n) is 4.53. The summed E-state index contributed by atoms with van der Waals surface area (Å²) in [5.41, 5.74) is 13.0. The van der Waals surface area contributed by atoms with Crippen LogP contribution in [-0.4, -0.2) is 16.6 Å². The quantitative estimate of drug-likeness (QED) is 0.219. The summed E-state index contributed by atoms with van der Waals surface area (Å²) >= 11 is 0. The maximum Gasteiger partial charge on any atom is 0.150 e. The number of aromatic nitrogens is 2. The molecular formula is C30H29N3O. The molecule has 4 nitrogen and oxygen atoms in total. The van der Waals surface area contributed by atoms with Gasteiger partial charge in [-0.15, -0.1) is 0 Å². The summed E-state index contributed by atoms with van der Waals surface area (Å²) in [5, 5.41) is 2.21. The van der Waals surface area contributed by atoms with Crippen LogP contribution in [0.25, 0.3) is 21.8 Å². The van der Waals surface area contributed by atoms with Gasteiger partial charge >= 0.3 is 0 Å². The number of nitrogen functional groups attached to an aromatic ring is 1. The third-order valence-electron chi connectivity index (χ3n) is 6.43. The SMILES string of the molecule is Cc1c(CCc2ccc(OCCCc3ccccc3)cc2)cnc2c(N)nc3ccccc3c12. The van der Waals surface area contributed by atoms with Crippen LogP contribution in [0.2, 0.25) is 0 Å². The predicted octanol–water partition coefficient (Wildman–Crippen LogP) is 6.47. The molecule has 0 radical (unpaired) electrons. The number of hydrogen-bond donors (Lipinski definition) is 1. The lowest BCUT2D eigenvalue weighted by molar-refractivity contribution is 0.311. The summed E-state index contributed by atoms with van der Waals surface area (Å²) in [7, 11) is 0. The maximum atomic E-state index is 6.21. The van der Waals surface area contributed by atoms with E-state index in [2.05, 4.69) is 77.6 Å². The van der Waals surface area contributed by atoms with Crippen molar-refractivity contribution in [2.75, 3.05) is 12.3 Å². The molecule has 0 atom stereocenters. The van der Waals surface area contributed by atoms with Crippen molar-refractivity contribution in [3.8, 4) is 5.75 Å². The summed E-state index contributed by atoms with van der Waals surface area (Å²) < 4.78 is 5.94. The largest absolute Gasteiger partial charge is 0.494 e. The third kappa shape index (κ3) is 4.72. The molecule has 0 spiro atoms. The molecule has 0 unspecified atom stereocenters. The first-order valence-electron chi connectivity index (χ1n) is 11.9. The molecule has 2 aromatic heterocycles. The number of benzene rings is 3. The lowest BCUT2D eigenvalue weighted by atomic mass is 9.97. The van der Waals surface area contributed by atoms with Gasteiger partial charge in [-0.1, -0.05) is 60.7 Å². The van der Waals surface area contributed by atoms with E-state index in [1.54, 1.807) is 0 Å². The second-order valence-corrected chi connectivity index (χ2v) is 8.73. The monoisotopic (exact) mass is 447 g/mol. The lowest BCUT2D eigenvalue weighted by Crippen LogP contribution is -2.01. The molecule has 2 N–H and O–H groups in total. The number of nitrogens with two attached hydrogens (primary N) is 1. The zero-order valence-corrected chi connectivity index (χ0v) is 19.5. The van der Waals surface area contributed by atoms with Crippen LogP contribution in [0.4, 0.5) is 5.82 Å². The van der Waals surface area contributed by atoms with Gasteiger partial charge in [0.25, 0.3) is 0 Å². The molecule has 4 heteroatoms. The van der Waals surface area contributed by atoms with Gasteiger partial charge in [0.2, 0.25) is 0 Å². The first kappa shape index (κ1) is 21.9. The van der Waals surface area contributed by atoms with Crippen LogP contribution in [0.1, 0.15) is 28.7 Å². The van der Waals surface area contributed by atoms with Crippen LogP contribution >= 0.6 is 0 Å². The zero-order chi connectivity index (χ0) is 23.3. The second kappa shape index (κ2) is 9.92. The molecule has 0 amide bonds. The highest BCUT2D eigenvalue weighted by Crippen LogP contribution is 2.31. The topological polar surface area (TPSA) is 61.0 Å². The number of para-hydroxylation sites is 1. The van der Waals surface area contributed by atoms with Crippen LogP contribution in [-0.2, 0) is 19.3 Å². The number of aryl methyl sites for hydroxylation is 4. The van der Waals surface area contributed by atoms with E-state index in [0.29, 0.717) is 5.82 Å². The minimum Gasteiger partial charge on any atom is -0.494 e. The number of hydrogen-bond acceptors (Lipinski definition) is 4. The smallest absolute Gasteiger partial charge is 0.150 e. The van der Waals surface area contributed by atoms with E-state index in [-0.39, 0.29) is 0 Å². The van der Waals surface area contributed by atoms with Gasteiger partial charge in [0, 0.05) is 17.0 Å². The van der Waals surface area contributed by atoms with Gasteiger partial charge in [0.15, 0.2) is 5.82 Å². The standard InChI is InChI=1S/C30H29N3O/c1-21-24(20-32-29-28(21)26-11-5-6-12-27(26)33-30(29)31)16-13-23-14-17-25(18-15-23)34-19-7-10-22-8-3-2-4-9-22/h2-6,8-9,11-12,14-15,17-18,20H,7,10,13,16,19H2,1H3,(H2,31,33). The summed E-state index contributed by atoms with van der Waals surface area (Å²) in [6.07, 6.45) is 5.86. The van der Waals surface area contributed by atoms with Crippen molar-refractivity contribution >= 4 is 27.6 Å². The second-order valence-electron chi connectivity index (χ2n) is 8.73. The summed E-state index contributed by atoms with van der Waals surface area (Å²) in [5.74, 6) is 1.41. The van der Waals surface area contributed by atoms with E-state index < -0.39 is 0 Å². The molecule has 170 valence electrons. The van der Waals surface area contributed by atoms with Gasteiger partial charge in [-0.3, -0.25) is 4.98 Å². The maximum absolute atomic E-state index is 6.21. The Bertz CT molecular complexity index is 1410. The number of rotatable bonds is 8. The molecule has 3 aromatic carbocycles. The van der Waals surface area contributed by atoms with Crippen LogP contribution in [0, 0.1) is 6.92 Å². The highest BCUT2D eigenvalue weighted by Gasteiger charge is 2.12. The van der Waals surface area contributed by atoms with Crippen molar-refractivity contribution in [2.24, 2.45) is 0 Å². The first-order chi connectivity index (χ1) is 16.7. The van der Waals surface area contributed by atoms with Crippen molar-refractivity contribution < 1.29 is 4.74 Å². The summed E-state index contributed by atoms with van der Waals surface area (Å²) in [6.45, 7) is 2.89. The van der Waals surface area contributed by atoms with Crippen LogP contribution in [0.15, 0.2) is 85.1 Å². The van der Waals surface area contributed by atoms with Crippen LogP contribution in [0.3, 0.4) is 0 Å². The third-order valence-corrected chi connectivity index (χ3v) is 6.43. The van der Waals surface area contributed by atoms with Crippen LogP contribution in [0.5, 0.6) is 5.75 Å². The molecule has 0 saturated heterocycles. The normalized spacial score (nSPS) is 11.2. The van der Waals surface area contributed by atoms with Crippen molar-refractivity contribution in [3.05, 3.63) is 107 Å². The van der Waals surface area contributed by atoms with Gasteiger partial charge in [0.05, 0.1) is 12.1 Å². The Morgan fingerprint density at radius 1 is 0.794 bits per heavy atom. The molecule has 5 rings (SSSR count). The highest BCUT2D eigenvalue weighted by molar-refractivity contribution is 6.09. The Labute approximate surface area is 200 Å². The van der Waals surface area contributed by atoms with Crippen molar-refractivity contribution in [1.29, 1.82) is 0 Å². The molecule has 0 saturated carbocycles. The number of ether oxygens (including phenoxy) is 1. The number of pyridine rings is 2. The average Bonchev–Trinajstić information content (AvgIpc) is 2.87. The molecule has 0 aliphatic heterocycles. The molecule has 0 bridgehead atoms. The van der Waals surface area contributed by atoms with E-state index in [1.165, 1.54) is 22.3 Å². The fraction of sp³-hybridized carbons (Fsp3) is 0.200. The molecule has 0 aliphatic rings. The molecule has 5 aromatic rings. The fourth-order valence-corrected chi connectivity index (χ4v) is 4.53. The molecule has 0 fully saturated rings. The van der Waals surface area contributed by atoms with E-state index in [4.69, 9.17) is 10.5 Å². The summed E-state index contributed by atoms with van der Waals surface area (Å²) in [6, 6.07) is 27.1. The lowest BCUT2D eigenvalue weighted by Gasteiger charge is -2.13. The average molecular weight is 448 g/mol. The van der Waals surface area contributed by atoms with Gasteiger partial charge < -0.3 is 10.5 Å². The Morgan fingerprint density at radius 2 is 1.53 bits per heavy atom. The molecular weight excluding hydrogens is 418 g/mol. The van der Waals surface area contributed by atoms with Crippen molar-refractivity contribution in [1.82, 2.24) is 9.97 Å². The Balaban J connectivity index is 1.23. The van der Waals surface area contributed by atoms with Gasteiger partial charge in [0.1, 0.15) is 11.3 Å². The molecule has 34 heavy (non-hydrogen) atoms. The van der Waals surface area contributed by atoms with E-state index in [9.17, 15) is 0 Å². The predicted molar refractivity (Wildman–Crippen MR) is 140 cm³/mol. The van der Waals surface area contributed by atoms with Crippen molar-refractivity contribution in [2.45, 2.75) is 32.6 Å². The van der Waals surface area contributed by atoms with Gasteiger partial charge in [-0.2, -0.15) is 0 Å². The van der Waals surface area contributed by atoms with E-state index in [1.807, 2.05) is 24.4 Å². The summed E-state index contributed by atoms with van der Waals surface area (Å²) in [4.78, 5) is 9.20. The van der Waals surface area contributed by atoms with E-state index in [0.717, 1.165) is 59.8 Å². The minimum atomic E-state index is 0.489. The number of nitrogens with zero attached hydrogens (tertiary/aromatic N) is 2. The van der Waals surface area contributed by atoms with Crippen molar-refractivity contribution in [3.63, 3.8) is 0 Å². The minimum absolute atomic E-state index is 0.489. The van der Waals surface area contributed by atoms with E-state index >= 15 is 0 Å². The zero-order valence-electron chi connectivity index (χ0n) is 19.5. The Kier molecular flexibility index (Phi) is 6.39. The Hall–Kier alpha value is -3.92. The Morgan fingerprint density at radius 3 is 2.35 bits per heavy atom. The first-order valence-corrected chi connectivity index (χ1v) is 11.9. The van der Waals surface area contributed by atoms with Gasteiger partial charge in [-0.25, -0.2) is 4.98 Å². The van der Waals surface area contributed by atoms with Gasteiger partial charge in [-0.05, 0) is 73.1 Å². The molecule has 2 heterocycles. The number of fused-ring (bicyclic) bond motifs is 3. The van der Waals surface area contributed by atoms with Crippen LogP contribution < -0.4 is 10.5 Å². The highest BCUT2D eigenvalue weighted by atomic mass is 16.5.